The summed E-state index contributed by atoms with van der Waals surface area (Å²) in [6.45, 7) is 1.11. The van der Waals surface area contributed by atoms with Gasteiger partial charge in [-0.25, -0.2) is 14.4 Å². The largest absolute Gasteiger partial charge is 0.480 e. The fraction of sp³-hybridized carbons (Fsp3) is 0.308. The zero-order valence-electron chi connectivity index (χ0n) is 11.1. The first-order chi connectivity index (χ1) is 9.47. The lowest BCUT2D eigenvalue weighted by Crippen LogP contribution is -2.47. The Hall–Kier alpha value is -2.57. The van der Waals surface area contributed by atoms with Gasteiger partial charge in [-0.15, -0.1) is 0 Å². The van der Waals surface area contributed by atoms with Crippen molar-refractivity contribution < 1.29 is 29.0 Å². The molecule has 1 atom stereocenters. The smallest absolute Gasteiger partial charge is 0.420 e. The van der Waals surface area contributed by atoms with Gasteiger partial charge < -0.3 is 14.6 Å². The number of carboxylic acids is 1. The molecule has 0 spiro atoms. The second-order valence-corrected chi connectivity index (χ2v) is 3.89. The molecule has 0 aromatic heterocycles. The maximum atomic E-state index is 11.8. The third-order valence-electron chi connectivity index (χ3n) is 2.52. The van der Waals surface area contributed by atoms with Gasteiger partial charge in [0.1, 0.15) is 12.6 Å². The minimum absolute atomic E-state index is 0.0699. The third kappa shape index (κ3) is 3.98. The third-order valence-corrected chi connectivity index (χ3v) is 2.52. The number of methoxy groups -OCH3 is 1. The highest BCUT2D eigenvalue weighted by atomic mass is 16.6. The van der Waals surface area contributed by atoms with Crippen LogP contribution < -0.4 is 0 Å². The summed E-state index contributed by atoms with van der Waals surface area (Å²) < 4.78 is 9.29. The van der Waals surface area contributed by atoms with Crippen LogP contribution in [-0.4, -0.2) is 41.3 Å². The highest BCUT2D eigenvalue weighted by molar-refractivity contribution is 5.93. The van der Waals surface area contributed by atoms with E-state index >= 15 is 0 Å². The van der Waals surface area contributed by atoms with E-state index in [0.29, 0.717) is 10.5 Å². The quantitative estimate of drug-likeness (QED) is 0.905. The van der Waals surface area contributed by atoms with Crippen LogP contribution in [0.25, 0.3) is 0 Å². The molecule has 0 saturated carbocycles. The Morgan fingerprint density at radius 2 is 1.80 bits per heavy atom. The molecule has 0 fully saturated rings. The molecule has 20 heavy (non-hydrogen) atoms. The first kappa shape index (κ1) is 15.5. The van der Waals surface area contributed by atoms with Crippen LogP contribution in [0.1, 0.15) is 12.5 Å². The Kier molecular flexibility index (Phi) is 5.52. The Bertz CT molecular complexity index is 487. The second-order valence-electron chi connectivity index (χ2n) is 3.89. The number of imide groups is 1. The fourth-order valence-corrected chi connectivity index (χ4v) is 1.39. The molecular formula is C13H15NO6. The van der Waals surface area contributed by atoms with E-state index in [4.69, 9.17) is 9.84 Å². The van der Waals surface area contributed by atoms with Crippen LogP contribution in [0.2, 0.25) is 0 Å². The lowest BCUT2D eigenvalue weighted by atomic mass is 10.2. The molecule has 2 amide bonds. The monoisotopic (exact) mass is 281 g/mol. The molecule has 0 bridgehead atoms. The number of carboxylic acid groups (broad SMARTS) is 1. The van der Waals surface area contributed by atoms with Crippen LogP contribution in [0.15, 0.2) is 30.3 Å². The predicted octanol–water partition coefficient (Wildman–Crippen LogP) is 1.86. The summed E-state index contributed by atoms with van der Waals surface area (Å²) in [5.74, 6) is -1.34. The van der Waals surface area contributed by atoms with Crippen molar-refractivity contribution in [2.24, 2.45) is 0 Å². The number of amides is 2. The van der Waals surface area contributed by atoms with Gasteiger partial charge in [0.25, 0.3) is 0 Å². The number of carbonyl (C=O) groups is 3. The number of hydrogen-bond acceptors (Lipinski definition) is 5. The molecule has 0 radical (unpaired) electrons. The first-order valence-corrected chi connectivity index (χ1v) is 5.78. The molecule has 0 aliphatic rings. The zero-order chi connectivity index (χ0) is 15.1. The molecule has 0 unspecified atom stereocenters. The van der Waals surface area contributed by atoms with Crippen molar-refractivity contribution in [2.75, 3.05) is 7.11 Å². The van der Waals surface area contributed by atoms with E-state index < -0.39 is 24.2 Å². The Balaban J connectivity index is 2.73. The fourth-order valence-electron chi connectivity index (χ4n) is 1.39. The summed E-state index contributed by atoms with van der Waals surface area (Å²) in [4.78, 5) is 34.5. The lowest BCUT2D eigenvalue weighted by molar-refractivity contribution is -0.141. The molecular weight excluding hydrogens is 266 g/mol. The Labute approximate surface area is 115 Å². The van der Waals surface area contributed by atoms with Gasteiger partial charge in [-0.2, -0.15) is 4.90 Å². The van der Waals surface area contributed by atoms with Crippen molar-refractivity contribution in [3.8, 4) is 0 Å². The van der Waals surface area contributed by atoms with Crippen molar-refractivity contribution in [3.05, 3.63) is 35.9 Å². The molecule has 7 heteroatoms. The molecule has 1 N–H and O–H groups in total. The highest BCUT2D eigenvalue weighted by Crippen LogP contribution is 2.08. The summed E-state index contributed by atoms with van der Waals surface area (Å²) >= 11 is 0. The van der Waals surface area contributed by atoms with E-state index in [1.807, 2.05) is 0 Å². The first-order valence-electron chi connectivity index (χ1n) is 5.78. The van der Waals surface area contributed by atoms with Crippen LogP contribution in [-0.2, 0) is 20.9 Å². The predicted molar refractivity (Wildman–Crippen MR) is 68.0 cm³/mol. The standard InChI is InChI=1S/C13H15NO6/c1-9(11(15)16)14(12(17)19-2)13(18)20-8-10-6-4-3-5-7-10/h3-7,9H,8H2,1-2H3,(H,15,16)/t9-/m0/s1. The SMILES string of the molecule is COC(=O)N(C(=O)OCc1ccccc1)[C@@H](C)C(=O)O. The van der Waals surface area contributed by atoms with Crippen LogP contribution in [0.4, 0.5) is 9.59 Å². The summed E-state index contributed by atoms with van der Waals surface area (Å²) in [7, 11) is 1.05. The van der Waals surface area contributed by atoms with Gasteiger partial charge in [0.2, 0.25) is 0 Å². The Morgan fingerprint density at radius 3 is 2.30 bits per heavy atom. The second kappa shape index (κ2) is 7.13. The van der Waals surface area contributed by atoms with Gasteiger partial charge in [0, 0.05) is 0 Å². The summed E-state index contributed by atoms with van der Waals surface area (Å²) in [6, 6.07) is 7.42. The van der Waals surface area contributed by atoms with Crippen LogP contribution >= 0.6 is 0 Å². The van der Waals surface area contributed by atoms with Gasteiger partial charge in [0.15, 0.2) is 0 Å². The average molecular weight is 281 g/mol. The van der Waals surface area contributed by atoms with Gasteiger partial charge in [0.05, 0.1) is 7.11 Å². The molecule has 1 aromatic rings. The summed E-state index contributed by atoms with van der Waals surface area (Å²) in [6.07, 6.45) is -2.16. The van der Waals surface area contributed by atoms with Crippen LogP contribution in [0, 0.1) is 0 Å². The van der Waals surface area contributed by atoms with E-state index in [9.17, 15) is 14.4 Å². The lowest BCUT2D eigenvalue weighted by Gasteiger charge is -2.22. The molecule has 1 aromatic carbocycles. The minimum Gasteiger partial charge on any atom is -0.480 e. The van der Waals surface area contributed by atoms with Crippen molar-refractivity contribution in [1.29, 1.82) is 0 Å². The molecule has 0 aliphatic heterocycles. The molecule has 0 saturated heterocycles. The molecule has 1 rings (SSSR count). The van der Waals surface area contributed by atoms with Crippen LogP contribution in [0.3, 0.4) is 0 Å². The minimum atomic E-state index is -1.38. The number of aliphatic carboxylic acids is 1. The van der Waals surface area contributed by atoms with Crippen molar-refractivity contribution in [3.63, 3.8) is 0 Å². The van der Waals surface area contributed by atoms with Gasteiger partial charge >= 0.3 is 18.2 Å². The summed E-state index contributed by atoms with van der Waals surface area (Å²) in [5.41, 5.74) is 0.716. The Morgan fingerprint density at radius 1 is 1.20 bits per heavy atom. The number of ether oxygens (including phenoxy) is 2. The van der Waals surface area contributed by atoms with Gasteiger partial charge in [-0.1, -0.05) is 30.3 Å². The van der Waals surface area contributed by atoms with E-state index in [0.717, 1.165) is 7.11 Å². The van der Waals surface area contributed by atoms with E-state index in [1.165, 1.54) is 6.92 Å². The molecule has 0 aliphatic carbocycles. The van der Waals surface area contributed by atoms with Crippen molar-refractivity contribution in [2.45, 2.75) is 19.6 Å². The van der Waals surface area contributed by atoms with Crippen molar-refractivity contribution >= 4 is 18.2 Å². The number of nitrogens with zero attached hydrogens (tertiary/aromatic N) is 1. The zero-order valence-corrected chi connectivity index (χ0v) is 11.1. The average Bonchev–Trinajstić information content (AvgIpc) is 2.45. The topological polar surface area (TPSA) is 93.1 Å². The van der Waals surface area contributed by atoms with Crippen molar-refractivity contribution in [1.82, 2.24) is 4.90 Å². The number of rotatable bonds is 4. The van der Waals surface area contributed by atoms with Gasteiger partial charge in [-0.3, -0.25) is 0 Å². The molecule has 7 nitrogen and oxygen atoms in total. The number of hydrogen-bond donors (Lipinski definition) is 1. The maximum absolute atomic E-state index is 11.8. The normalized spacial score (nSPS) is 11.3. The summed E-state index contributed by atoms with van der Waals surface area (Å²) in [5, 5.41) is 8.87. The maximum Gasteiger partial charge on any atom is 0.420 e. The van der Waals surface area contributed by atoms with Gasteiger partial charge in [-0.05, 0) is 12.5 Å². The molecule has 0 heterocycles. The van der Waals surface area contributed by atoms with Crippen LogP contribution in [0.5, 0.6) is 0 Å². The van der Waals surface area contributed by atoms with E-state index in [-0.39, 0.29) is 6.61 Å². The highest BCUT2D eigenvalue weighted by Gasteiger charge is 2.33. The number of benzene rings is 1. The van der Waals surface area contributed by atoms with E-state index in [1.54, 1.807) is 30.3 Å². The number of carbonyl (C=O) groups excluding carboxylic acids is 2. The molecule has 108 valence electrons. The van der Waals surface area contributed by atoms with E-state index in [2.05, 4.69) is 4.74 Å².